The Balaban J connectivity index is 1.43. The molecule has 2 saturated heterocycles. The van der Waals surface area contributed by atoms with E-state index in [1.165, 1.54) is 42.5 Å². The number of halogens is 1. The van der Waals surface area contributed by atoms with Gasteiger partial charge in [-0.15, -0.1) is 0 Å². The molecule has 2 aromatic rings. The van der Waals surface area contributed by atoms with Gasteiger partial charge in [0.1, 0.15) is 5.82 Å². The topological polar surface area (TPSA) is 107 Å². The number of hydrogen-bond acceptors (Lipinski definition) is 5. The van der Waals surface area contributed by atoms with Crippen LogP contribution in [0.3, 0.4) is 0 Å². The van der Waals surface area contributed by atoms with Gasteiger partial charge in [0.05, 0.1) is 11.4 Å². The van der Waals surface area contributed by atoms with Gasteiger partial charge < -0.3 is 15.1 Å². The van der Waals surface area contributed by atoms with Crippen molar-refractivity contribution in [3.05, 3.63) is 65.5 Å². The summed E-state index contributed by atoms with van der Waals surface area (Å²) in [4.78, 5) is 40.2. The fourth-order valence-corrected chi connectivity index (χ4v) is 5.30. The predicted molar refractivity (Wildman–Crippen MR) is 116 cm³/mol. The monoisotopic (exact) mass is 474 g/mol. The van der Waals surface area contributed by atoms with E-state index in [0.717, 1.165) is 4.31 Å². The maximum atomic E-state index is 13.4. The molecular formula is C22H23FN4O5S. The Labute approximate surface area is 190 Å². The van der Waals surface area contributed by atoms with E-state index in [0.29, 0.717) is 0 Å². The van der Waals surface area contributed by atoms with Crippen molar-refractivity contribution in [1.29, 1.82) is 0 Å². The van der Waals surface area contributed by atoms with Gasteiger partial charge >= 0.3 is 0 Å². The number of benzene rings is 2. The SMILES string of the molecule is O=C1CN(S(=O)(=O)c2cccc(C(=O)N3CCN(C(=O)c4cccc(F)c4)CC3)c2)CCN1. The first-order valence-electron chi connectivity index (χ1n) is 10.5. The fourth-order valence-electron chi connectivity index (χ4n) is 3.86. The number of sulfonamides is 1. The van der Waals surface area contributed by atoms with Crippen molar-refractivity contribution in [2.45, 2.75) is 4.90 Å². The second kappa shape index (κ2) is 9.28. The molecule has 0 saturated carbocycles. The third-order valence-electron chi connectivity index (χ3n) is 5.65. The molecule has 0 aromatic heterocycles. The minimum Gasteiger partial charge on any atom is -0.354 e. The van der Waals surface area contributed by atoms with Crippen LogP contribution in [0.25, 0.3) is 0 Å². The molecule has 2 aliphatic rings. The zero-order chi connectivity index (χ0) is 23.6. The Bertz CT molecular complexity index is 1190. The van der Waals surface area contributed by atoms with Crippen LogP contribution in [0.4, 0.5) is 4.39 Å². The first-order valence-corrected chi connectivity index (χ1v) is 11.9. The first-order chi connectivity index (χ1) is 15.8. The average Bonchev–Trinajstić information content (AvgIpc) is 2.83. The lowest BCUT2D eigenvalue weighted by atomic mass is 10.1. The van der Waals surface area contributed by atoms with E-state index < -0.39 is 15.8 Å². The summed E-state index contributed by atoms with van der Waals surface area (Å²) in [6.45, 7) is 1.22. The van der Waals surface area contributed by atoms with E-state index in [1.807, 2.05) is 0 Å². The molecule has 2 fully saturated rings. The zero-order valence-electron chi connectivity index (χ0n) is 17.7. The highest BCUT2D eigenvalue weighted by Crippen LogP contribution is 2.20. The van der Waals surface area contributed by atoms with Gasteiger partial charge in [0.15, 0.2) is 0 Å². The van der Waals surface area contributed by atoms with Gasteiger partial charge in [0.2, 0.25) is 15.9 Å². The highest BCUT2D eigenvalue weighted by molar-refractivity contribution is 7.89. The van der Waals surface area contributed by atoms with Crippen molar-refractivity contribution in [2.24, 2.45) is 0 Å². The zero-order valence-corrected chi connectivity index (χ0v) is 18.6. The van der Waals surface area contributed by atoms with Gasteiger partial charge in [-0.25, -0.2) is 12.8 Å². The van der Waals surface area contributed by atoms with Crippen LogP contribution in [-0.2, 0) is 14.8 Å². The van der Waals surface area contributed by atoms with Crippen LogP contribution in [0.1, 0.15) is 20.7 Å². The molecule has 0 bridgehead atoms. The lowest BCUT2D eigenvalue weighted by Crippen LogP contribution is -2.50. The number of nitrogens with one attached hydrogen (secondary N) is 1. The van der Waals surface area contributed by atoms with Crippen LogP contribution in [0.15, 0.2) is 53.4 Å². The summed E-state index contributed by atoms with van der Waals surface area (Å²) in [6, 6.07) is 11.2. The molecule has 2 aromatic carbocycles. The van der Waals surface area contributed by atoms with E-state index in [-0.39, 0.29) is 79.6 Å². The molecule has 3 amide bonds. The van der Waals surface area contributed by atoms with Gasteiger partial charge in [-0.3, -0.25) is 14.4 Å². The standard InChI is InChI=1S/C22H23FN4O5S/c23-18-5-1-3-16(13-18)21(29)25-9-11-26(12-10-25)22(30)17-4-2-6-19(14-17)33(31,32)27-8-7-24-20(28)15-27/h1-6,13-14H,7-12,15H2,(H,24,28). The van der Waals surface area contributed by atoms with Gasteiger partial charge in [-0.2, -0.15) is 4.31 Å². The molecule has 2 aliphatic heterocycles. The maximum absolute atomic E-state index is 13.4. The number of rotatable bonds is 4. The maximum Gasteiger partial charge on any atom is 0.254 e. The number of carbonyl (C=O) groups excluding carboxylic acids is 3. The van der Waals surface area contributed by atoms with Crippen molar-refractivity contribution in [1.82, 2.24) is 19.4 Å². The van der Waals surface area contributed by atoms with Gasteiger partial charge in [-0.1, -0.05) is 12.1 Å². The molecule has 9 nitrogen and oxygen atoms in total. The lowest BCUT2D eigenvalue weighted by molar-refractivity contribution is -0.122. The predicted octanol–water partition coefficient (Wildman–Crippen LogP) is 0.544. The lowest BCUT2D eigenvalue weighted by Gasteiger charge is -2.35. The van der Waals surface area contributed by atoms with E-state index in [9.17, 15) is 27.2 Å². The minimum absolute atomic E-state index is 0.0528. The van der Waals surface area contributed by atoms with Gasteiger partial charge in [0.25, 0.3) is 11.8 Å². The van der Waals surface area contributed by atoms with Crippen molar-refractivity contribution in [3.8, 4) is 0 Å². The summed E-state index contributed by atoms with van der Waals surface area (Å²) in [6.07, 6.45) is 0. The Morgan fingerprint density at radius 3 is 2.00 bits per heavy atom. The molecule has 4 rings (SSSR count). The number of piperazine rings is 2. The number of nitrogens with zero attached hydrogens (tertiary/aromatic N) is 3. The van der Waals surface area contributed by atoms with Gasteiger partial charge in [-0.05, 0) is 36.4 Å². The summed E-state index contributed by atoms with van der Waals surface area (Å²) in [7, 11) is -3.92. The van der Waals surface area contributed by atoms with Crippen LogP contribution >= 0.6 is 0 Å². The molecule has 0 atom stereocenters. The number of carbonyl (C=O) groups is 3. The van der Waals surface area contributed by atoms with Gasteiger partial charge in [0, 0.05) is 50.4 Å². The molecule has 0 radical (unpaired) electrons. The van der Waals surface area contributed by atoms with Crippen LogP contribution in [0.5, 0.6) is 0 Å². The van der Waals surface area contributed by atoms with Crippen molar-refractivity contribution < 1.29 is 27.2 Å². The Kier molecular flexibility index (Phi) is 6.43. The minimum atomic E-state index is -3.92. The van der Waals surface area contributed by atoms with Crippen LogP contribution in [0.2, 0.25) is 0 Å². The summed E-state index contributed by atoms with van der Waals surface area (Å²) < 4.78 is 40.3. The van der Waals surface area contributed by atoms with Crippen molar-refractivity contribution >= 4 is 27.7 Å². The number of hydrogen-bond donors (Lipinski definition) is 1. The highest BCUT2D eigenvalue weighted by atomic mass is 32.2. The third-order valence-corrected chi connectivity index (χ3v) is 7.49. The second-order valence-corrected chi connectivity index (χ2v) is 9.75. The van der Waals surface area contributed by atoms with E-state index >= 15 is 0 Å². The Morgan fingerprint density at radius 2 is 1.42 bits per heavy atom. The molecule has 33 heavy (non-hydrogen) atoms. The molecule has 174 valence electrons. The summed E-state index contributed by atoms with van der Waals surface area (Å²) in [5, 5.41) is 2.58. The molecule has 0 aliphatic carbocycles. The molecule has 2 heterocycles. The molecule has 0 unspecified atom stereocenters. The third kappa shape index (κ3) is 4.88. The molecule has 11 heteroatoms. The van der Waals surface area contributed by atoms with E-state index in [1.54, 1.807) is 15.9 Å². The Hall–Kier alpha value is -3.31. The summed E-state index contributed by atoms with van der Waals surface area (Å²) >= 11 is 0. The summed E-state index contributed by atoms with van der Waals surface area (Å²) in [5.74, 6) is -1.51. The molecule has 0 spiro atoms. The van der Waals surface area contributed by atoms with E-state index in [4.69, 9.17) is 0 Å². The second-order valence-electron chi connectivity index (χ2n) is 7.81. The highest BCUT2D eigenvalue weighted by Gasteiger charge is 2.31. The fraction of sp³-hybridized carbons (Fsp3) is 0.318. The summed E-state index contributed by atoms with van der Waals surface area (Å²) in [5.41, 5.74) is 0.460. The number of amides is 3. The molecular weight excluding hydrogens is 451 g/mol. The van der Waals surface area contributed by atoms with Crippen molar-refractivity contribution in [3.63, 3.8) is 0 Å². The smallest absolute Gasteiger partial charge is 0.254 e. The van der Waals surface area contributed by atoms with Crippen LogP contribution in [0, 0.1) is 5.82 Å². The quantitative estimate of drug-likeness (QED) is 0.696. The molecule has 1 N–H and O–H groups in total. The first kappa shape index (κ1) is 22.9. The normalized spacial score (nSPS) is 17.5. The Morgan fingerprint density at radius 1 is 0.848 bits per heavy atom. The van der Waals surface area contributed by atoms with Crippen LogP contribution in [-0.4, -0.2) is 86.1 Å². The van der Waals surface area contributed by atoms with Crippen molar-refractivity contribution in [2.75, 3.05) is 45.8 Å². The average molecular weight is 475 g/mol. The van der Waals surface area contributed by atoms with E-state index in [2.05, 4.69) is 5.32 Å². The van der Waals surface area contributed by atoms with Crippen LogP contribution < -0.4 is 5.32 Å². The largest absolute Gasteiger partial charge is 0.354 e.